The van der Waals surface area contributed by atoms with Crippen molar-refractivity contribution < 1.29 is 4.74 Å². The lowest BCUT2D eigenvalue weighted by atomic mass is 9.70. The Morgan fingerprint density at radius 1 is 1.40 bits per heavy atom. The molecule has 1 saturated carbocycles. The zero-order valence-corrected chi connectivity index (χ0v) is 12.9. The number of ether oxygens (including phenoxy) is 1. The van der Waals surface area contributed by atoms with E-state index in [0.717, 1.165) is 13.0 Å². The van der Waals surface area contributed by atoms with Gasteiger partial charge in [-0.15, -0.1) is 0 Å². The molecule has 1 aliphatic carbocycles. The molecular formula is C17H26N2O. The van der Waals surface area contributed by atoms with Crippen LogP contribution in [0.2, 0.25) is 0 Å². The molecule has 110 valence electrons. The van der Waals surface area contributed by atoms with E-state index in [0.29, 0.717) is 12.0 Å². The second-order valence-electron chi connectivity index (χ2n) is 6.62. The summed E-state index contributed by atoms with van der Waals surface area (Å²) in [5.41, 5.74) is 3.97. The smallest absolute Gasteiger partial charge is 0.0686 e. The number of hydrogen-bond donors (Lipinski definition) is 1. The minimum absolute atomic E-state index is 0.205. The number of pyridine rings is 1. The van der Waals surface area contributed by atoms with Crippen LogP contribution in [0.25, 0.3) is 0 Å². The maximum absolute atomic E-state index is 6.06. The highest BCUT2D eigenvalue weighted by molar-refractivity contribution is 5.26. The van der Waals surface area contributed by atoms with Crippen molar-refractivity contribution in [2.45, 2.75) is 57.6 Å². The Kier molecular flexibility index (Phi) is 3.83. The van der Waals surface area contributed by atoms with E-state index in [2.05, 4.69) is 32.3 Å². The van der Waals surface area contributed by atoms with Gasteiger partial charge in [0.2, 0.25) is 0 Å². The van der Waals surface area contributed by atoms with Gasteiger partial charge in [-0.1, -0.05) is 6.07 Å². The maximum Gasteiger partial charge on any atom is 0.0686 e. The van der Waals surface area contributed by atoms with Crippen LogP contribution >= 0.6 is 0 Å². The Bertz CT molecular complexity index is 482. The van der Waals surface area contributed by atoms with Crippen molar-refractivity contribution in [2.75, 3.05) is 13.7 Å². The predicted molar refractivity (Wildman–Crippen MR) is 80.8 cm³/mol. The van der Waals surface area contributed by atoms with Gasteiger partial charge in [0.15, 0.2) is 0 Å². The van der Waals surface area contributed by atoms with Crippen molar-refractivity contribution in [3.05, 3.63) is 29.1 Å². The van der Waals surface area contributed by atoms with Gasteiger partial charge in [-0.05, 0) is 70.0 Å². The lowest BCUT2D eigenvalue weighted by molar-refractivity contribution is -0.147. The molecule has 0 aromatic carbocycles. The highest BCUT2D eigenvalue weighted by Gasteiger charge is 2.44. The Balaban J connectivity index is 1.81. The van der Waals surface area contributed by atoms with Crippen LogP contribution < -0.4 is 5.32 Å². The van der Waals surface area contributed by atoms with Gasteiger partial charge >= 0.3 is 0 Å². The molecule has 2 atom stereocenters. The summed E-state index contributed by atoms with van der Waals surface area (Å²) in [6.07, 6.45) is 8.15. The molecule has 2 unspecified atom stereocenters. The highest BCUT2D eigenvalue weighted by Crippen LogP contribution is 2.47. The molecule has 1 spiro atoms. The van der Waals surface area contributed by atoms with Crippen LogP contribution in [0.3, 0.4) is 0 Å². The normalized spacial score (nSPS) is 26.2. The van der Waals surface area contributed by atoms with Crippen molar-refractivity contribution >= 4 is 0 Å². The van der Waals surface area contributed by atoms with E-state index in [1.54, 1.807) is 0 Å². The molecule has 3 heteroatoms. The quantitative estimate of drug-likeness (QED) is 0.918. The van der Waals surface area contributed by atoms with Gasteiger partial charge in [-0.25, -0.2) is 0 Å². The second-order valence-corrected chi connectivity index (χ2v) is 6.62. The first kappa shape index (κ1) is 14.0. The number of nitrogens with one attached hydrogen (secondary N) is 1. The first-order chi connectivity index (χ1) is 9.63. The van der Waals surface area contributed by atoms with Gasteiger partial charge in [0.25, 0.3) is 0 Å². The Morgan fingerprint density at radius 2 is 2.20 bits per heavy atom. The maximum atomic E-state index is 6.06. The molecule has 1 aromatic heterocycles. The van der Waals surface area contributed by atoms with E-state index in [-0.39, 0.29) is 5.60 Å². The zero-order valence-electron chi connectivity index (χ0n) is 12.9. The van der Waals surface area contributed by atoms with Crippen LogP contribution in [0.15, 0.2) is 12.3 Å². The van der Waals surface area contributed by atoms with Crippen molar-refractivity contribution in [3.63, 3.8) is 0 Å². The monoisotopic (exact) mass is 274 g/mol. The number of nitrogens with zero attached hydrogens (tertiary/aromatic N) is 1. The summed E-state index contributed by atoms with van der Waals surface area (Å²) in [5, 5.41) is 3.52. The molecular weight excluding hydrogens is 248 g/mol. The van der Waals surface area contributed by atoms with Crippen molar-refractivity contribution in [1.82, 2.24) is 10.3 Å². The fourth-order valence-electron chi connectivity index (χ4n) is 3.92. The molecule has 2 aliphatic rings. The molecule has 0 radical (unpaired) electrons. The SMILES string of the molecule is CNC(c1ncc(C)cc1C)C1CCOC2(CCC2)C1. The van der Waals surface area contributed by atoms with Gasteiger partial charge in [0.05, 0.1) is 17.3 Å². The van der Waals surface area contributed by atoms with E-state index in [4.69, 9.17) is 9.72 Å². The van der Waals surface area contributed by atoms with Gasteiger partial charge in [0, 0.05) is 12.8 Å². The molecule has 0 amide bonds. The summed E-state index contributed by atoms with van der Waals surface area (Å²) in [6.45, 7) is 5.20. The minimum atomic E-state index is 0.205. The van der Waals surface area contributed by atoms with Gasteiger partial charge in [0.1, 0.15) is 0 Å². The van der Waals surface area contributed by atoms with E-state index in [1.807, 2.05) is 6.20 Å². The lowest BCUT2D eigenvalue weighted by Crippen LogP contribution is -2.47. The number of aromatic nitrogens is 1. The summed E-state index contributed by atoms with van der Waals surface area (Å²) < 4.78 is 6.06. The van der Waals surface area contributed by atoms with Crippen LogP contribution in [0.5, 0.6) is 0 Å². The molecule has 1 saturated heterocycles. The van der Waals surface area contributed by atoms with E-state index >= 15 is 0 Å². The molecule has 3 rings (SSSR count). The van der Waals surface area contributed by atoms with Crippen LogP contribution in [0.1, 0.15) is 55.0 Å². The topological polar surface area (TPSA) is 34.2 Å². The number of hydrogen-bond acceptors (Lipinski definition) is 3. The number of aryl methyl sites for hydroxylation is 2. The van der Waals surface area contributed by atoms with Crippen molar-refractivity contribution in [1.29, 1.82) is 0 Å². The largest absolute Gasteiger partial charge is 0.375 e. The fourth-order valence-corrected chi connectivity index (χ4v) is 3.92. The third-order valence-corrected chi connectivity index (χ3v) is 5.13. The predicted octanol–water partition coefficient (Wildman–Crippen LogP) is 3.31. The summed E-state index contributed by atoms with van der Waals surface area (Å²) in [5.74, 6) is 0.642. The Morgan fingerprint density at radius 3 is 2.80 bits per heavy atom. The van der Waals surface area contributed by atoms with Gasteiger partial charge in [-0.2, -0.15) is 0 Å². The van der Waals surface area contributed by atoms with Crippen molar-refractivity contribution in [3.8, 4) is 0 Å². The standard InChI is InChI=1S/C17H26N2O/c1-12-9-13(2)15(19-11-12)16(18-3)14-5-8-20-17(10-14)6-4-7-17/h9,11,14,16,18H,4-8,10H2,1-3H3. The molecule has 2 fully saturated rings. The Hall–Kier alpha value is -0.930. The second kappa shape index (κ2) is 5.45. The zero-order chi connectivity index (χ0) is 14.2. The molecule has 1 aliphatic heterocycles. The summed E-state index contributed by atoms with van der Waals surface area (Å²) in [4.78, 5) is 4.71. The first-order valence-electron chi connectivity index (χ1n) is 7.88. The van der Waals surface area contributed by atoms with E-state index < -0.39 is 0 Å². The van der Waals surface area contributed by atoms with E-state index in [1.165, 1.54) is 42.5 Å². The summed E-state index contributed by atoms with van der Waals surface area (Å²) in [7, 11) is 2.06. The number of rotatable bonds is 3. The average molecular weight is 274 g/mol. The van der Waals surface area contributed by atoms with Crippen LogP contribution in [-0.2, 0) is 4.74 Å². The average Bonchev–Trinajstić information content (AvgIpc) is 2.40. The lowest BCUT2D eigenvalue weighted by Gasteiger charge is -2.48. The van der Waals surface area contributed by atoms with E-state index in [9.17, 15) is 0 Å². The molecule has 0 bridgehead atoms. The molecule has 1 N–H and O–H groups in total. The molecule has 1 aromatic rings. The Labute approximate surface area is 122 Å². The van der Waals surface area contributed by atoms with Gasteiger partial charge < -0.3 is 10.1 Å². The molecule has 20 heavy (non-hydrogen) atoms. The van der Waals surface area contributed by atoms with Crippen molar-refractivity contribution in [2.24, 2.45) is 5.92 Å². The summed E-state index contributed by atoms with van der Waals surface area (Å²) in [6, 6.07) is 2.60. The fraction of sp³-hybridized carbons (Fsp3) is 0.706. The highest BCUT2D eigenvalue weighted by atomic mass is 16.5. The molecule has 3 nitrogen and oxygen atoms in total. The summed E-state index contributed by atoms with van der Waals surface area (Å²) >= 11 is 0. The van der Waals surface area contributed by atoms with Crippen LogP contribution in [0.4, 0.5) is 0 Å². The molecule has 2 heterocycles. The minimum Gasteiger partial charge on any atom is -0.375 e. The third kappa shape index (κ3) is 2.49. The van der Waals surface area contributed by atoms with Crippen LogP contribution in [-0.4, -0.2) is 24.2 Å². The van der Waals surface area contributed by atoms with Crippen LogP contribution in [0, 0.1) is 19.8 Å². The van der Waals surface area contributed by atoms with Gasteiger partial charge in [-0.3, -0.25) is 4.98 Å². The first-order valence-corrected chi connectivity index (χ1v) is 7.88. The third-order valence-electron chi connectivity index (χ3n) is 5.13.